The van der Waals surface area contributed by atoms with Gasteiger partial charge in [-0.1, -0.05) is 18.2 Å². The van der Waals surface area contributed by atoms with Gasteiger partial charge in [-0.05, 0) is 49.6 Å². The lowest BCUT2D eigenvalue weighted by Gasteiger charge is -2.11. The van der Waals surface area contributed by atoms with Gasteiger partial charge in [-0.15, -0.1) is 11.3 Å². The summed E-state index contributed by atoms with van der Waals surface area (Å²) in [6.07, 6.45) is 0.778. The smallest absolute Gasteiger partial charge is 0.338 e. The Labute approximate surface area is 156 Å². The molecule has 0 spiro atoms. The number of nitrogens with zero attached hydrogens (tertiary/aromatic N) is 1. The fourth-order valence-corrected chi connectivity index (χ4v) is 3.39. The van der Waals surface area contributed by atoms with Crippen molar-refractivity contribution < 1.29 is 14.3 Å². The topological polar surface area (TPSA) is 68.3 Å². The Morgan fingerprint density at radius 3 is 2.69 bits per heavy atom. The van der Waals surface area contributed by atoms with Gasteiger partial charge in [0.25, 0.3) is 0 Å². The second-order valence-corrected chi connectivity index (χ2v) is 6.98. The lowest BCUT2D eigenvalue weighted by atomic mass is 10.1. The van der Waals surface area contributed by atoms with E-state index in [1.54, 1.807) is 23.7 Å². The van der Waals surface area contributed by atoms with E-state index < -0.39 is 0 Å². The maximum absolute atomic E-state index is 12.1. The van der Waals surface area contributed by atoms with Crippen LogP contribution >= 0.6 is 11.3 Å². The summed E-state index contributed by atoms with van der Waals surface area (Å²) in [5.74, 6) is -0.458. The Balaban J connectivity index is 1.46. The predicted molar refractivity (Wildman–Crippen MR) is 104 cm³/mol. The second-order valence-electron chi connectivity index (χ2n) is 6.09. The number of carbonyl (C=O) groups excluding carboxylic acids is 2. The van der Waals surface area contributed by atoms with Crippen LogP contribution in [0, 0.1) is 13.8 Å². The van der Waals surface area contributed by atoms with Gasteiger partial charge in [-0.25, -0.2) is 9.78 Å². The lowest BCUT2D eigenvalue weighted by Crippen LogP contribution is -2.15. The van der Waals surface area contributed by atoms with Crippen LogP contribution in [0.15, 0.2) is 41.9 Å². The maximum Gasteiger partial charge on any atom is 0.338 e. The Morgan fingerprint density at radius 1 is 1.15 bits per heavy atom. The largest absolute Gasteiger partial charge is 0.462 e. The van der Waals surface area contributed by atoms with Gasteiger partial charge >= 0.3 is 5.97 Å². The molecule has 1 heterocycles. The number of anilines is 1. The standard InChI is InChI=1S/C20H20N2O3S/c1-13-5-3-6-14(2)19(13)22-18(23)7-4-10-25-20(24)15-8-9-16-17(11-15)26-12-21-16/h3,5-6,8-9,11-12H,4,7,10H2,1-2H3,(H,22,23). The number of aromatic nitrogens is 1. The quantitative estimate of drug-likeness (QED) is 0.514. The number of carbonyl (C=O) groups is 2. The number of fused-ring (bicyclic) bond motifs is 1. The first-order valence-corrected chi connectivity index (χ1v) is 9.29. The molecule has 3 aromatic rings. The number of aryl methyl sites for hydroxylation is 2. The highest BCUT2D eigenvalue weighted by atomic mass is 32.1. The minimum absolute atomic E-state index is 0.0791. The molecule has 3 rings (SSSR count). The maximum atomic E-state index is 12.1. The minimum Gasteiger partial charge on any atom is -0.462 e. The first-order chi connectivity index (χ1) is 12.5. The summed E-state index contributed by atoms with van der Waals surface area (Å²) in [7, 11) is 0. The Morgan fingerprint density at radius 2 is 1.92 bits per heavy atom. The average molecular weight is 368 g/mol. The molecule has 6 heteroatoms. The fraction of sp³-hybridized carbons (Fsp3) is 0.250. The zero-order valence-corrected chi connectivity index (χ0v) is 15.6. The predicted octanol–water partition coefficient (Wildman–Crippen LogP) is 4.49. The van der Waals surface area contributed by atoms with Crippen LogP contribution in [0.1, 0.15) is 34.3 Å². The van der Waals surface area contributed by atoms with Gasteiger partial charge < -0.3 is 10.1 Å². The van der Waals surface area contributed by atoms with E-state index in [1.807, 2.05) is 32.0 Å². The number of ether oxygens (including phenoxy) is 1. The zero-order valence-electron chi connectivity index (χ0n) is 14.7. The van der Waals surface area contributed by atoms with Gasteiger partial charge in [0, 0.05) is 12.1 Å². The highest BCUT2D eigenvalue weighted by molar-refractivity contribution is 7.16. The lowest BCUT2D eigenvalue weighted by molar-refractivity contribution is -0.116. The summed E-state index contributed by atoms with van der Waals surface area (Å²) in [6, 6.07) is 11.2. The molecule has 5 nitrogen and oxygen atoms in total. The van der Waals surface area contributed by atoms with E-state index in [2.05, 4.69) is 10.3 Å². The van der Waals surface area contributed by atoms with Gasteiger partial charge in [0.05, 0.1) is 27.9 Å². The Kier molecular flexibility index (Phi) is 5.63. The monoisotopic (exact) mass is 368 g/mol. The molecule has 0 unspecified atom stereocenters. The molecule has 0 saturated carbocycles. The van der Waals surface area contributed by atoms with Crippen molar-refractivity contribution in [1.29, 1.82) is 0 Å². The molecule has 0 fully saturated rings. The second kappa shape index (κ2) is 8.10. The molecule has 1 aromatic heterocycles. The molecule has 2 aromatic carbocycles. The fourth-order valence-electron chi connectivity index (χ4n) is 2.68. The van der Waals surface area contributed by atoms with Crippen molar-refractivity contribution in [3.05, 3.63) is 58.6 Å². The number of hydrogen-bond donors (Lipinski definition) is 1. The van der Waals surface area contributed by atoms with E-state index in [-0.39, 0.29) is 18.5 Å². The number of amides is 1. The van der Waals surface area contributed by atoms with Crippen LogP contribution in [0.5, 0.6) is 0 Å². The number of esters is 1. The Bertz CT molecular complexity index is 929. The van der Waals surface area contributed by atoms with Crippen molar-refractivity contribution in [1.82, 2.24) is 4.98 Å². The van der Waals surface area contributed by atoms with Gasteiger partial charge in [0.15, 0.2) is 0 Å². The number of thiazole rings is 1. The summed E-state index contributed by atoms with van der Waals surface area (Å²) >= 11 is 1.48. The highest BCUT2D eigenvalue weighted by Crippen LogP contribution is 2.20. The number of rotatable bonds is 6. The summed E-state index contributed by atoms with van der Waals surface area (Å²) in [5.41, 5.74) is 6.03. The molecule has 1 amide bonds. The molecule has 134 valence electrons. The summed E-state index contributed by atoms with van der Waals surface area (Å²) in [4.78, 5) is 28.4. The first-order valence-electron chi connectivity index (χ1n) is 8.41. The van der Waals surface area contributed by atoms with E-state index in [0.29, 0.717) is 18.4 Å². The Hall–Kier alpha value is -2.73. The van der Waals surface area contributed by atoms with Crippen molar-refractivity contribution in [2.24, 2.45) is 0 Å². The molecular formula is C20H20N2O3S. The van der Waals surface area contributed by atoms with E-state index in [9.17, 15) is 9.59 Å². The highest BCUT2D eigenvalue weighted by Gasteiger charge is 2.10. The van der Waals surface area contributed by atoms with Crippen LogP contribution in [-0.2, 0) is 9.53 Å². The molecule has 0 aliphatic rings. The molecule has 0 aliphatic heterocycles. The average Bonchev–Trinajstić information content (AvgIpc) is 3.09. The third-order valence-corrected chi connectivity index (χ3v) is 4.89. The van der Waals surface area contributed by atoms with Crippen LogP contribution in [0.4, 0.5) is 5.69 Å². The van der Waals surface area contributed by atoms with E-state index >= 15 is 0 Å². The van der Waals surface area contributed by atoms with Gasteiger partial charge in [0.1, 0.15) is 0 Å². The van der Waals surface area contributed by atoms with E-state index in [4.69, 9.17) is 4.74 Å². The van der Waals surface area contributed by atoms with E-state index in [0.717, 1.165) is 27.0 Å². The van der Waals surface area contributed by atoms with Crippen LogP contribution < -0.4 is 5.32 Å². The van der Waals surface area contributed by atoms with Crippen LogP contribution in [-0.4, -0.2) is 23.5 Å². The molecule has 0 aliphatic carbocycles. The third-order valence-electron chi connectivity index (χ3n) is 4.09. The molecular weight excluding hydrogens is 348 g/mol. The van der Waals surface area contributed by atoms with Crippen LogP contribution in [0.2, 0.25) is 0 Å². The van der Waals surface area contributed by atoms with Gasteiger partial charge in [0.2, 0.25) is 5.91 Å². The number of hydrogen-bond acceptors (Lipinski definition) is 5. The molecule has 0 radical (unpaired) electrons. The summed E-state index contributed by atoms with van der Waals surface area (Å²) in [5, 5.41) is 2.93. The van der Waals surface area contributed by atoms with Crippen molar-refractivity contribution in [3.8, 4) is 0 Å². The number of para-hydroxylation sites is 1. The van der Waals surface area contributed by atoms with Crippen LogP contribution in [0.3, 0.4) is 0 Å². The van der Waals surface area contributed by atoms with Crippen molar-refractivity contribution in [3.63, 3.8) is 0 Å². The number of benzene rings is 2. The SMILES string of the molecule is Cc1cccc(C)c1NC(=O)CCCOC(=O)c1ccc2ncsc2c1. The van der Waals surface area contributed by atoms with Gasteiger partial charge in [-0.3, -0.25) is 4.79 Å². The minimum atomic E-state index is -0.379. The van der Waals surface area contributed by atoms with Crippen molar-refractivity contribution in [2.45, 2.75) is 26.7 Å². The van der Waals surface area contributed by atoms with Crippen molar-refractivity contribution >= 4 is 39.1 Å². The normalized spacial score (nSPS) is 10.7. The molecule has 0 bridgehead atoms. The van der Waals surface area contributed by atoms with E-state index in [1.165, 1.54) is 11.3 Å². The first kappa shape index (κ1) is 18.1. The summed E-state index contributed by atoms with van der Waals surface area (Å²) in [6.45, 7) is 4.13. The summed E-state index contributed by atoms with van der Waals surface area (Å²) < 4.78 is 6.22. The van der Waals surface area contributed by atoms with Crippen LogP contribution in [0.25, 0.3) is 10.2 Å². The van der Waals surface area contributed by atoms with Gasteiger partial charge in [-0.2, -0.15) is 0 Å². The molecule has 1 N–H and O–H groups in total. The molecule has 0 atom stereocenters. The van der Waals surface area contributed by atoms with Crippen molar-refractivity contribution in [2.75, 3.05) is 11.9 Å². The molecule has 26 heavy (non-hydrogen) atoms. The number of nitrogens with one attached hydrogen (secondary N) is 1. The third kappa shape index (κ3) is 4.26. The zero-order chi connectivity index (χ0) is 18.5. The molecule has 0 saturated heterocycles.